The van der Waals surface area contributed by atoms with E-state index in [0.717, 1.165) is 28.0 Å². The second-order valence-electron chi connectivity index (χ2n) is 9.61. The fraction of sp³-hybridized carbons (Fsp3) is 0.333. The molecule has 38 heavy (non-hydrogen) atoms. The van der Waals surface area contributed by atoms with Crippen LogP contribution in [-0.4, -0.2) is 86.4 Å². The molecule has 6 heterocycles. The first kappa shape index (κ1) is 24.0. The van der Waals surface area contributed by atoms with Crippen molar-refractivity contribution in [2.75, 3.05) is 38.8 Å². The van der Waals surface area contributed by atoms with Gasteiger partial charge in [0, 0.05) is 69.2 Å². The van der Waals surface area contributed by atoms with Crippen LogP contribution in [0.1, 0.15) is 18.4 Å². The molecule has 0 saturated carbocycles. The number of pyridine rings is 3. The van der Waals surface area contributed by atoms with Gasteiger partial charge in [-0.3, -0.25) is 14.7 Å². The van der Waals surface area contributed by atoms with E-state index in [0.29, 0.717) is 43.8 Å². The second-order valence-corrected chi connectivity index (χ2v) is 9.61. The molecule has 0 aliphatic carbocycles. The van der Waals surface area contributed by atoms with Crippen molar-refractivity contribution >= 4 is 28.7 Å². The molecule has 4 aromatic rings. The van der Waals surface area contributed by atoms with Crippen molar-refractivity contribution in [2.24, 2.45) is 0 Å². The van der Waals surface area contributed by atoms with Crippen molar-refractivity contribution in [3.05, 3.63) is 60.7 Å². The molecule has 11 nitrogen and oxygen atoms in total. The molecule has 6 rings (SSSR count). The van der Waals surface area contributed by atoms with Crippen LogP contribution in [-0.2, 0) is 16.1 Å². The van der Waals surface area contributed by atoms with E-state index in [1.165, 1.54) is 7.11 Å². The second kappa shape index (κ2) is 9.82. The van der Waals surface area contributed by atoms with Crippen molar-refractivity contribution in [3.8, 4) is 17.1 Å². The van der Waals surface area contributed by atoms with Gasteiger partial charge in [0.15, 0.2) is 5.82 Å². The number of hydrogen-bond acceptors (Lipinski definition) is 7. The summed E-state index contributed by atoms with van der Waals surface area (Å²) in [6.45, 7) is 1.68. The minimum atomic E-state index is -0.0656. The fourth-order valence-corrected chi connectivity index (χ4v) is 5.24. The zero-order chi connectivity index (χ0) is 26.2. The Bertz CT molecular complexity index is 1480. The minimum Gasteiger partial charge on any atom is -0.375 e. The summed E-state index contributed by atoms with van der Waals surface area (Å²) < 4.78 is 6.71. The number of amides is 3. The van der Waals surface area contributed by atoms with E-state index < -0.39 is 0 Å². The first-order valence-corrected chi connectivity index (χ1v) is 12.6. The normalized spacial score (nSPS) is 16.3. The number of rotatable bonds is 5. The maximum atomic E-state index is 13.5. The summed E-state index contributed by atoms with van der Waals surface area (Å²) in [5.74, 6) is 0.690. The monoisotopic (exact) mass is 512 g/mol. The number of fused-ring (bicyclic) bond motifs is 3. The molecular weight excluding hydrogens is 484 g/mol. The molecule has 1 saturated heterocycles. The number of ether oxygens (including phenoxy) is 1. The number of carbonyl (C=O) groups excluding carboxylic acids is 2. The SMILES string of the molecule is COCC(=O)N1CCC(N2C(=O)N(C)Cc3cnc4ccc(-c5ccc(-n6cccn6)nc5)nc4c32)CC1. The number of anilines is 1. The van der Waals surface area contributed by atoms with E-state index >= 15 is 0 Å². The quantitative estimate of drug-likeness (QED) is 0.404. The lowest BCUT2D eigenvalue weighted by Gasteiger charge is -2.43. The number of likely N-dealkylation sites (tertiary alicyclic amines) is 1. The third-order valence-electron chi connectivity index (χ3n) is 7.18. The Kier molecular flexibility index (Phi) is 6.20. The highest BCUT2D eigenvalue weighted by molar-refractivity contribution is 6.04. The molecule has 0 unspecified atom stereocenters. The van der Waals surface area contributed by atoms with Crippen LogP contribution >= 0.6 is 0 Å². The highest BCUT2D eigenvalue weighted by Crippen LogP contribution is 2.37. The van der Waals surface area contributed by atoms with Crippen molar-refractivity contribution in [1.82, 2.24) is 34.5 Å². The third kappa shape index (κ3) is 4.24. The van der Waals surface area contributed by atoms with Gasteiger partial charge in [-0.05, 0) is 43.2 Å². The van der Waals surface area contributed by atoms with Gasteiger partial charge in [-0.1, -0.05) is 0 Å². The Morgan fingerprint density at radius 3 is 2.66 bits per heavy atom. The van der Waals surface area contributed by atoms with E-state index in [1.54, 1.807) is 33.9 Å². The zero-order valence-electron chi connectivity index (χ0n) is 21.3. The summed E-state index contributed by atoms with van der Waals surface area (Å²) >= 11 is 0. The first-order chi connectivity index (χ1) is 18.5. The third-order valence-corrected chi connectivity index (χ3v) is 7.18. The van der Waals surface area contributed by atoms with E-state index in [2.05, 4.69) is 15.1 Å². The number of carbonyl (C=O) groups is 2. The number of nitrogens with zero attached hydrogens (tertiary/aromatic N) is 8. The molecule has 0 spiro atoms. The predicted molar refractivity (Wildman–Crippen MR) is 141 cm³/mol. The topological polar surface area (TPSA) is 110 Å². The first-order valence-electron chi connectivity index (χ1n) is 12.6. The summed E-state index contributed by atoms with van der Waals surface area (Å²) in [6.07, 6.45) is 8.52. The van der Waals surface area contributed by atoms with Crippen LogP contribution in [0.2, 0.25) is 0 Å². The number of urea groups is 1. The lowest BCUT2D eigenvalue weighted by Crippen LogP contribution is -2.54. The molecule has 0 N–H and O–H groups in total. The summed E-state index contributed by atoms with van der Waals surface area (Å²) in [6, 6.07) is 9.45. The summed E-state index contributed by atoms with van der Waals surface area (Å²) in [7, 11) is 3.32. The van der Waals surface area contributed by atoms with Gasteiger partial charge in [0.2, 0.25) is 5.91 Å². The maximum absolute atomic E-state index is 13.5. The molecule has 2 aliphatic rings. The number of piperidine rings is 1. The van der Waals surface area contributed by atoms with Crippen molar-refractivity contribution in [3.63, 3.8) is 0 Å². The standard InChI is InChI=1S/C27H28N8O3/c1-32-16-19-15-28-22-6-5-21(18-4-7-23(29-14-18)34-11-3-10-30-34)31-25(22)26(19)35(27(32)37)20-8-12-33(13-9-20)24(36)17-38-2/h3-7,10-11,14-15,20H,8-9,12-13,16-17H2,1-2H3. The van der Waals surface area contributed by atoms with Gasteiger partial charge in [-0.2, -0.15) is 5.10 Å². The summed E-state index contributed by atoms with van der Waals surface area (Å²) in [5, 5.41) is 4.23. The minimum absolute atomic E-state index is 0.0263. The molecule has 4 aromatic heterocycles. The van der Waals surface area contributed by atoms with E-state index in [4.69, 9.17) is 9.72 Å². The largest absolute Gasteiger partial charge is 0.375 e. The lowest BCUT2D eigenvalue weighted by molar-refractivity contribution is -0.136. The van der Waals surface area contributed by atoms with E-state index in [9.17, 15) is 9.59 Å². The average molecular weight is 513 g/mol. The average Bonchev–Trinajstić information content (AvgIpc) is 3.49. The zero-order valence-corrected chi connectivity index (χ0v) is 21.3. The number of methoxy groups -OCH3 is 1. The Morgan fingerprint density at radius 1 is 1.11 bits per heavy atom. The molecule has 0 atom stereocenters. The molecule has 194 valence electrons. The Balaban J connectivity index is 1.36. The Morgan fingerprint density at radius 2 is 1.95 bits per heavy atom. The summed E-state index contributed by atoms with van der Waals surface area (Å²) in [4.78, 5) is 45.4. The molecule has 3 amide bonds. The molecule has 1 fully saturated rings. The highest BCUT2D eigenvalue weighted by atomic mass is 16.5. The molecule has 0 radical (unpaired) electrons. The molecule has 0 aromatic carbocycles. The van der Waals surface area contributed by atoms with Gasteiger partial charge in [-0.25, -0.2) is 19.4 Å². The van der Waals surface area contributed by atoms with Crippen LogP contribution in [0, 0.1) is 0 Å². The van der Waals surface area contributed by atoms with Crippen LogP contribution in [0.4, 0.5) is 10.5 Å². The van der Waals surface area contributed by atoms with Crippen molar-refractivity contribution in [1.29, 1.82) is 0 Å². The van der Waals surface area contributed by atoms with E-state index in [-0.39, 0.29) is 24.6 Å². The van der Waals surface area contributed by atoms with Gasteiger partial charge in [-0.15, -0.1) is 0 Å². The van der Waals surface area contributed by atoms with E-state index in [1.807, 2.05) is 47.6 Å². The van der Waals surface area contributed by atoms with Crippen molar-refractivity contribution < 1.29 is 14.3 Å². The van der Waals surface area contributed by atoms with Crippen LogP contribution in [0.25, 0.3) is 28.1 Å². The molecule has 11 heteroatoms. The molecule has 2 aliphatic heterocycles. The molecule has 0 bridgehead atoms. The van der Waals surface area contributed by atoms with Gasteiger partial charge in [0.25, 0.3) is 0 Å². The summed E-state index contributed by atoms with van der Waals surface area (Å²) in [5.41, 5.74) is 4.78. The lowest BCUT2D eigenvalue weighted by atomic mass is 9.99. The van der Waals surface area contributed by atoms with Crippen LogP contribution in [0.15, 0.2) is 55.1 Å². The van der Waals surface area contributed by atoms with Crippen LogP contribution in [0.3, 0.4) is 0 Å². The van der Waals surface area contributed by atoms with Gasteiger partial charge in [0.05, 0.1) is 23.4 Å². The van der Waals surface area contributed by atoms with Crippen molar-refractivity contribution in [2.45, 2.75) is 25.4 Å². The van der Waals surface area contributed by atoms with Gasteiger partial charge < -0.3 is 14.5 Å². The van der Waals surface area contributed by atoms with Crippen LogP contribution in [0.5, 0.6) is 0 Å². The fourth-order valence-electron chi connectivity index (χ4n) is 5.24. The van der Waals surface area contributed by atoms with Crippen LogP contribution < -0.4 is 4.90 Å². The number of hydrogen-bond donors (Lipinski definition) is 0. The smallest absolute Gasteiger partial charge is 0.324 e. The molecular formula is C27H28N8O3. The van der Waals surface area contributed by atoms with Gasteiger partial charge in [0.1, 0.15) is 12.1 Å². The Labute approximate surface area is 219 Å². The maximum Gasteiger partial charge on any atom is 0.324 e. The Hall–Kier alpha value is -4.38. The predicted octanol–water partition coefficient (Wildman–Crippen LogP) is 2.89. The number of aromatic nitrogens is 5. The van der Waals surface area contributed by atoms with Gasteiger partial charge >= 0.3 is 6.03 Å². The highest BCUT2D eigenvalue weighted by Gasteiger charge is 2.37.